The molecule has 188 valence electrons. The fourth-order valence-corrected chi connectivity index (χ4v) is 7.24. The molecule has 1 amide bonds. The van der Waals surface area contributed by atoms with Crippen molar-refractivity contribution in [2.24, 2.45) is 5.92 Å². The Labute approximate surface area is 224 Å². The minimum Gasteiger partial charge on any atom is -0.340 e. The third-order valence-corrected chi connectivity index (χ3v) is 9.52. The molecule has 0 saturated carbocycles. The van der Waals surface area contributed by atoms with Gasteiger partial charge >= 0.3 is 0 Å². The van der Waals surface area contributed by atoms with Crippen LogP contribution >= 0.6 is 34.5 Å². The number of anilines is 2. The molecule has 36 heavy (non-hydrogen) atoms. The molecule has 10 heteroatoms. The Morgan fingerprint density at radius 3 is 2.94 bits per heavy atom. The Kier molecular flexibility index (Phi) is 6.64. The number of thiophene rings is 1. The van der Waals surface area contributed by atoms with Gasteiger partial charge in [0.25, 0.3) is 0 Å². The standard InChI is InChI=1S/C26H28Cl2N6OS/c1-32-9-6-16-12-33(13-21(16)32)8-2-3-23(35)34-10-7-18-22(14-34)36-26-24(18)25(29-15-30-26)31-17-4-5-19(27)20(28)11-17/h2-5,11,15-16,21H,6-10,12-14H2,1H3,(H,29,30,31). The first kappa shape index (κ1) is 24.1. The molecule has 2 saturated heterocycles. The van der Waals surface area contributed by atoms with Crippen LogP contribution in [0.1, 0.15) is 16.9 Å². The largest absolute Gasteiger partial charge is 0.340 e. The summed E-state index contributed by atoms with van der Waals surface area (Å²) in [6, 6.07) is 6.11. The van der Waals surface area contributed by atoms with Crippen LogP contribution in [-0.4, -0.2) is 76.4 Å². The Bertz CT molecular complexity index is 1340. The summed E-state index contributed by atoms with van der Waals surface area (Å²) in [5.41, 5.74) is 2.04. The fourth-order valence-electron chi connectivity index (χ4n) is 5.74. The zero-order valence-electron chi connectivity index (χ0n) is 20.1. The molecule has 6 rings (SSSR count). The molecule has 2 aromatic heterocycles. The van der Waals surface area contributed by atoms with Crippen LogP contribution in [0.4, 0.5) is 11.5 Å². The summed E-state index contributed by atoms with van der Waals surface area (Å²) < 4.78 is 0. The van der Waals surface area contributed by atoms with Crippen molar-refractivity contribution >= 4 is 62.2 Å². The van der Waals surface area contributed by atoms with Gasteiger partial charge in [0.2, 0.25) is 5.91 Å². The number of carbonyl (C=O) groups is 1. The number of carbonyl (C=O) groups excluding carboxylic acids is 1. The van der Waals surface area contributed by atoms with E-state index in [2.05, 4.69) is 32.1 Å². The van der Waals surface area contributed by atoms with Gasteiger partial charge in [-0.1, -0.05) is 29.3 Å². The fraction of sp³-hybridized carbons (Fsp3) is 0.423. The predicted octanol–water partition coefficient (Wildman–Crippen LogP) is 4.82. The number of aromatic nitrogens is 2. The number of fused-ring (bicyclic) bond motifs is 4. The van der Waals surface area contributed by atoms with E-state index in [-0.39, 0.29) is 5.91 Å². The van der Waals surface area contributed by atoms with Crippen molar-refractivity contribution < 1.29 is 4.79 Å². The topological polar surface area (TPSA) is 64.6 Å². The van der Waals surface area contributed by atoms with E-state index in [0.717, 1.165) is 53.7 Å². The third kappa shape index (κ3) is 4.61. The lowest BCUT2D eigenvalue weighted by molar-refractivity contribution is -0.126. The maximum absolute atomic E-state index is 13.0. The van der Waals surface area contributed by atoms with Crippen LogP contribution < -0.4 is 5.32 Å². The summed E-state index contributed by atoms with van der Waals surface area (Å²) >= 11 is 13.9. The van der Waals surface area contributed by atoms with Crippen LogP contribution in [0.3, 0.4) is 0 Å². The highest BCUT2D eigenvalue weighted by molar-refractivity contribution is 7.19. The molecule has 2 fully saturated rings. The number of amides is 1. The quantitative estimate of drug-likeness (QED) is 0.466. The molecule has 1 N–H and O–H groups in total. The van der Waals surface area contributed by atoms with Gasteiger partial charge in [0.1, 0.15) is 17.0 Å². The molecule has 0 radical (unpaired) electrons. The SMILES string of the molecule is CN1CCC2CN(CC=CC(=O)N3CCc4c(sc5ncnc(Nc6ccc(Cl)c(Cl)c6)c45)C3)CC21. The monoisotopic (exact) mass is 542 g/mol. The first-order valence-electron chi connectivity index (χ1n) is 12.3. The van der Waals surface area contributed by atoms with E-state index in [1.807, 2.05) is 17.0 Å². The summed E-state index contributed by atoms with van der Waals surface area (Å²) in [6.45, 7) is 5.58. The second-order valence-corrected chi connectivity index (χ2v) is 11.8. The van der Waals surface area contributed by atoms with Crippen LogP contribution in [0.2, 0.25) is 10.0 Å². The van der Waals surface area contributed by atoms with Crippen LogP contribution in [0.25, 0.3) is 10.2 Å². The van der Waals surface area contributed by atoms with E-state index in [9.17, 15) is 4.79 Å². The van der Waals surface area contributed by atoms with Crippen molar-refractivity contribution in [3.63, 3.8) is 0 Å². The number of nitrogens with one attached hydrogen (secondary N) is 1. The van der Waals surface area contributed by atoms with E-state index < -0.39 is 0 Å². The van der Waals surface area contributed by atoms with Crippen molar-refractivity contribution in [2.75, 3.05) is 45.1 Å². The predicted molar refractivity (Wildman–Crippen MR) is 146 cm³/mol. The van der Waals surface area contributed by atoms with E-state index >= 15 is 0 Å². The minimum atomic E-state index is 0.0786. The van der Waals surface area contributed by atoms with Crippen molar-refractivity contribution in [3.8, 4) is 0 Å². The van der Waals surface area contributed by atoms with Crippen molar-refractivity contribution in [1.29, 1.82) is 0 Å². The lowest BCUT2D eigenvalue weighted by Crippen LogP contribution is -2.34. The van der Waals surface area contributed by atoms with Gasteiger partial charge in [-0.3, -0.25) is 9.69 Å². The summed E-state index contributed by atoms with van der Waals surface area (Å²) in [4.78, 5) is 30.9. The van der Waals surface area contributed by atoms with E-state index in [0.29, 0.717) is 29.2 Å². The number of nitrogens with zero attached hydrogens (tertiary/aromatic N) is 5. The first-order valence-corrected chi connectivity index (χ1v) is 13.9. The zero-order valence-corrected chi connectivity index (χ0v) is 22.4. The van der Waals surface area contributed by atoms with Gasteiger partial charge < -0.3 is 15.1 Å². The third-order valence-electron chi connectivity index (χ3n) is 7.66. The zero-order chi connectivity index (χ0) is 24.8. The molecule has 3 aliphatic rings. The Morgan fingerprint density at radius 2 is 2.11 bits per heavy atom. The molecule has 3 aliphatic heterocycles. The van der Waals surface area contributed by atoms with Gasteiger partial charge in [-0.05, 0) is 56.1 Å². The van der Waals surface area contributed by atoms with Crippen LogP contribution in [0.5, 0.6) is 0 Å². The van der Waals surface area contributed by atoms with Crippen molar-refractivity contribution in [1.82, 2.24) is 24.7 Å². The lowest BCUT2D eigenvalue weighted by Gasteiger charge is -2.26. The number of halogens is 2. The normalized spacial score (nSPS) is 22.5. The van der Waals surface area contributed by atoms with Crippen molar-refractivity contribution in [2.45, 2.75) is 25.4 Å². The molecule has 0 aliphatic carbocycles. The smallest absolute Gasteiger partial charge is 0.246 e. The highest BCUT2D eigenvalue weighted by atomic mass is 35.5. The first-order chi connectivity index (χ1) is 17.5. The van der Waals surface area contributed by atoms with Gasteiger partial charge in [0.15, 0.2) is 0 Å². The molecule has 0 bridgehead atoms. The lowest BCUT2D eigenvalue weighted by atomic mass is 10.0. The average molecular weight is 544 g/mol. The van der Waals surface area contributed by atoms with Gasteiger partial charge in [-0.25, -0.2) is 9.97 Å². The van der Waals surface area contributed by atoms with E-state index in [1.165, 1.54) is 23.4 Å². The molecule has 5 heterocycles. The summed E-state index contributed by atoms with van der Waals surface area (Å²) in [6.07, 6.45) is 7.43. The van der Waals surface area contributed by atoms with E-state index in [4.69, 9.17) is 23.2 Å². The second-order valence-electron chi connectivity index (χ2n) is 9.89. The molecule has 1 aromatic carbocycles. The van der Waals surface area contributed by atoms with Crippen LogP contribution in [0.15, 0.2) is 36.7 Å². The van der Waals surface area contributed by atoms with Gasteiger partial charge in [0, 0.05) is 48.9 Å². The number of benzene rings is 1. The second kappa shape index (κ2) is 9.91. The molecule has 7 nitrogen and oxygen atoms in total. The molecule has 2 atom stereocenters. The number of rotatable bonds is 5. The summed E-state index contributed by atoms with van der Waals surface area (Å²) in [5, 5.41) is 5.39. The Balaban J connectivity index is 1.13. The molecular formula is C26H28Cl2N6OS. The van der Waals surface area contributed by atoms with Gasteiger partial charge in [-0.2, -0.15) is 0 Å². The number of hydrogen-bond donors (Lipinski definition) is 1. The Hall–Kier alpha value is -2.23. The molecule has 3 aromatic rings. The highest BCUT2D eigenvalue weighted by Crippen LogP contribution is 2.38. The maximum atomic E-state index is 13.0. The number of likely N-dealkylation sites (N-methyl/N-ethyl adjacent to an activating group) is 1. The average Bonchev–Trinajstić information content (AvgIpc) is 3.55. The van der Waals surface area contributed by atoms with E-state index in [1.54, 1.807) is 35.9 Å². The van der Waals surface area contributed by atoms with Crippen LogP contribution in [-0.2, 0) is 17.8 Å². The molecule has 2 unspecified atom stereocenters. The molecular weight excluding hydrogens is 515 g/mol. The Morgan fingerprint density at radius 1 is 1.22 bits per heavy atom. The van der Waals surface area contributed by atoms with Gasteiger partial charge in [-0.15, -0.1) is 11.3 Å². The molecule has 0 spiro atoms. The minimum absolute atomic E-state index is 0.0786. The van der Waals surface area contributed by atoms with Crippen molar-refractivity contribution in [3.05, 3.63) is 57.2 Å². The van der Waals surface area contributed by atoms with Gasteiger partial charge in [0.05, 0.1) is 22.0 Å². The number of likely N-dealkylation sites (tertiary alicyclic amines) is 2. The summed E-state index contributed by atoms with van der Waals surface area (Å²) in [7, 11) is 2.23. The number of hydrogen-bond acceptors (Lipinski definition) is 7. The maximum Gasteiger partial charge on any atom is 0.246 e. The highest BCUT2D eigenvalue weighted by Gasteiger charge is 2.38. The van der Waals surface area contributed by atoms with Crippen LogP contribution in [0, 0.1) is 5.92 Å². The summed E-state index contributed by atoms with van der Waals surface area (Å²) in [5.74, 6) is 1.61.